The van der Waals surface area contributed by atoms with Gasteiger partial charge in [0.1, 0.15) is 0 Å². The Morgan fingerprint density at radius 3 is 2.44 bits per heavy atom. The smallest absolute Gasteiger partial charge is 0.383 e. The highest BCUT2D eigenvalue weighted by Crippen LogP contribution is 2.36. The van der Waals surface area contributed by atoms with Crippen molar-refractivity contribution in [2.24, 2.45) is 0 Å². The average molecular weight is 325 g/mol. The van der Waals surface area contributed by atoms with Gasteiger partial charge in [0.15, 0.2) is 0 Å². The highest BCUT2D eigenvalue weighted by molar-refractivity contribution is 9.10. The Hall–Kier alpha value is -0.750. The van der Waals surface area contributed by atoms with Gasteiger partial charge in [0.2, 0.25) is 0 Å². The lowest BCUT2D eigenvalue weighted by molar-refractivity contribution is -0.137. The summed E-state index contributed by atoms with van der Waals surface area (Å²) < 4.78 is 39.0. The second-order valence-electron chi connectivity index (χ2n) is 4.38. The number of nitrogens with one attached hydrogen (secondary N) is 1. The molecule has 1 aromatic carbocycles. The third kappa shape index (κ3) is 4.17. The van der Waals surface area contributed by atoms with E-state index >= 15 is 0 Å². The molecule has 0 aliphatic carbocycles. The fraction of sp³-hybridized carbons (Fsp3) is 0.500. The molecule has 0 aliphatic rings. The van der Waals surface area contributed by atoms with E-state index in [9.17, 15) is 13.2 Å². The molecule has 0 heterocycles. The number of alkyl halides is 3. The Labute approximate surface area is 113 Å². The standard InChI is InChI=1S/C12H16BrF3N2/c1-8(18(2)3)7-17-11-6-9(13)4-5-10(11)12(14,15)16/h4-6,8,17H,7H2,1-3H3. The Kier molecular flexibility index (Phi) is 5.04. The zero-order chi connectivity index (χ0) is 13.9. The minimum absolute atomic E-state index is 0.102. The van der Waals surface area contributed by atoms with E-state index in [0.717, 1.165) is 6.07 Å². The number of halogens is 4. The number of anilines is 1. The van der Waals surface area contributed by atoms with Gasteiger partial charge in [0.25, 0.3) is 0 Å². The van der Waals surface area contributed by atoms with E-state index in [1.807, 2.05) is 25.9 Å². The molecule has 1 unspecified atom stereocenters. The van der Waals surface area contributed by atoms with Gasteiger partial charge in [-0.2, -0.15) is 13.2 Å². The third-order valence-corrected chi connectivity index (χ3v) is 3.25. The molecule has 0 radical (unpaired) electrons. The lowest BCUT2D eigenvalue weighted by Crippen LogP contribution is -2.32. The molecule has 1 aromatic rings. The van der Waals surface area contributed by atoms with E-state index in [0.29, 0.717) is 11.0 Å². The number of nitrogens with zero attached hydrogens (tertiary/aromatic N) is 1. The highest BCUT2D eigenvalue weighted by atomic mass is 79.9. The van der Waals surface area contributed by atoms with Crippen LogP contribution >= 0.6 is 15.9 Å². The Balaban J connectivity index is 2.90. The first-order valence-corrected chi connectivity index (χ1v) is 6.28. The van der Waals surface area contributed by atoms with Crippen LogP contribution < -0.4 is 5.32 Å². The first-order chi connectivity index (χ1) is 8.21. The van der Waals surface area contributed by atoms with Gasteiger partial charge in [0, 0.05) is 22.7 Å². The third-order valence-electron chi connectivity index (χ3n) is 2.76. The molecule has 0 fully saturated rings. The van der Waals surface area contributed by atoms with Gasteiger partial charge in [-0.3, -0.25) is 0 Å². The summed E-state index contributed by atoms with van der Waals surface area (Å²) in [5, 5.41) is 2.85. The molecular weight excluding hydrogens is 309 g/mol. The summed E-state index contributed by atoms with van der Waals surface area (Å²) in [6.07, 6.45) is -4.34. The molecule has 6 heteroatoms. The Bertz CT molecular complexity index is 405. The monoisotopic (exact) mass is 324 g/mol. The van der Waals surface area contributed by atoms with Crippen molar-refractivity contribution in [1.82, 2.24) is 4.90 Å². The van der Waals surface area contributed by atoms with Crippen LogP contribution in [-0.2, 0) is 6.18 Å². The van der Waals surface area contributed by atoms with E-state index < -0.39 is 11.7 Å². The SMILES string of the molecule is CC(CNc1cc(Br)ccc1C(F)(F)F)N(C)C. The van der Waals surface area contributed by atoms with Gasteiger partial charge in [-0.25, -0.2) is 0 Å². The van der Waals surface area contributed by atoms with Gasteiger partial charge in [-0.05, 0) is 39.2 Å². The molecule has 0 aliphatic heterocycles. The largest absolute Gasteiger partial charge is 0.418 e. The molecule has 0 aromatic heterocycles. The number of benzene rings is 1. The quantitative estimate of drug-likeness (QED) is 0.905. The minimum atomic E-state index is -4.34. The first kappa shape index (κ1) is 15.3. The van der Waals surface area contributed by atoms with Crippen LogP contribution in [0, 0.1) is 0 Å². The van der Waals surface area contributed by atoms with Crippen molar-refractivity contribution >= 4 is 21.6 Å². The van der Waals surface area contributed by atoms with E-state index in [4.69, 9.17) is 0 Å². The summed E-state index contributed by atoms with van der Waals surface area (Å²) in [6, 6.07) is 4.06. The van der Waals surface area contributed by atoms with Crippen molar-refractivity contribution in [2.45, 2.75) is 19.1 Å². The number of hydrogen-bond donors (Lipinski definition) is 1. The highest BCUT2D eigenvalue weighted by Gasteiger charge is 2.33. The van der Waals surface area contributed by atoms with E-state index in [1.54, 1.807) is 0 Å². The maximum Gasteiger partial charge on any atom is 0.418 e. The number of hydrogen-bond acceptors (Lipinski definition) is 2. The van der Waals surface area contributed by atoms with Crippen molar-refractivity contribution in [1.29, 1.82) is 0 Å². The first-order valence-electron chi connectivity index (χ1n) is 5.49. The van der Waals surface area contributed by atoms with Crippen LogP contribution in [0.4, 0.5) is 18.9 Å². The summed E-state index contributed by atoms with van der Waals surface area (Å²) >= 11 is 3.18. The Morgan fingerprint density at radius 1 is 1.33 bits per heavy atom. The fourth-order valence-electron chi connectivity index (χ4n) is 1.35. The second kappa shape index (κ2) is 5.93. The van der Waals surface area contributed by atoms with E-state index in [-0.39, 0.29) is 11.7 Å². The Morgan fingerprint density at radius 2 is 1.94 bits per heavy atom. The van der Waals surface area contributed by atoms with Crippen LogP contribution in [0.1, 0.15) is 12.5 Å². The zero-order valence-electron chi connectivity index (χ0n) is 10.5. The molecule has 0 saturated carbocycles. The number of rotatable bonds is 4. The van der Waals surface area contributed by atoms with Gasteiger partial charge < -0.3 is 10.2 Å². The van der Waals surface area contributed by atoms with Crippen LogP contribution in [0.5, 0.6) is 0 Å². The summed E-state index contributed by atoms with van der Waals surface area (Å²) in [7, 11) is 3.77. The van der Waals surface area contributed by atoms with Crippen LogP contribution in [0.25, 0.3) is 0 Å². The zero-order valence-corrected chi connectivity index (χ0v) is 12.1. The van der Waals surface area contributed by atoms with Gasteiger partial charge in [-0.1, -0.05) is 15.9 Å². The van der Waals surface area contributed by atoms with Crippen LogP contribution in [0.3, 0.4) is 0 Å². The molecule has 2 nitrogen and oxygen atoms in total. The predicted molar refractivity (Wildman–Crippen MR) is 70.8 cm³/mol. The lowest BCUT2D eigenvalue weighted by Gasteiger charge is -2.22. The van der Waals surface area contributed by atoms with Crippen molar-refractivity contribution in [2.75, 3.05) is 26.0 Å². The van der Waals surface area contributed by atoms with E-state index in [2.05, 4.69) is 21.2 Å². The number of likely N-dealkylation sites (N-methyl/N-ethyl adjacent to an activating group) is 1. The molecule has 1 N–H and O–H groups in total. The molecule has 0 amide bonds. The predicted octanol–water partition coefficient (Wildman–Crippen LogP) is 3.83. The second-order valence-corrected chi connectivity index (χ2v) is 5.30. The minimum Gasteiger partial charge on any atom is -0.383 e. The molecule has 18 heavy (non-hydrogen) atoms. The molecule has 0 bridgehead atoms. The lowest BCUT2D eigenvalue weighted by atomic mass is 10.1. The summed E-state index contributed by atoms with van der Waals surface area (Å²) in [4.78, 5) is 1.94. The topological polar surface area (TPSA) is 15.3 Å². The molecule has 1 rings (SSSR count). The maximum atomic E-state index is 12.8. The van der Waals surface area contributed by atoms with Crippen molar-refractivity contribution in [3.05, 3.63) is 28.2 Å². The van der Waals surface area contributed by atoms with Crippen molar-refractivity contribution in [3.8, 4) is 0 Å². The normalized spacial score (nSPS) is 13.8. The van der Waals surface area contributed by atoms with Gasteiger partial charge in [0.05, 0.1) is 5.56 Å². The molecule has 1 atom stereocenters. The molecular formula is C12H16BrF3N2. The molecule has 0 spiro atoms. The summed E-state index contributed by atoms with van der Waals surface area (Å²) in [5.41, 5.74) is -0.540. The van der Waals surface area contributed by atoms with Gasteiger partial charge in [-0.15, -0.1) is 0 Å². The van der Waals surface area contributed by atoms with Crippen LogP contribution in [0.15, 0.2) is 22.7 Å². The van der Waals surface area contributed by atoms with E-state index in [1.165, 1.54) is 12.1 Å². The van der Waals surface area contributed by atoms with Crippen molar-refractivity contribution < 1.29 is 13.2 Å². The molecule has 0 saturated heterocycles. The van der Waals surface area contributed by atoms with Crippen LogP contribution in [-0.4, -0.2) is 31.6 Å². The van der Waals surface area contributed by atoms with Crippen LogP contribution in [0.2, 0.25) is 0 Å². The average Bonchev–Trinajstić information content (AvgIpc) is 2.23. The molecule has 102 valence electrons. The van der Waals surface area contributed by atoms with Crippen molar-refractivity contribution in [3.63, 3.8) is 0 Å². The summed E-state index contributed by atoms with van der Waals surface area (Å²) in [5.74, 6) is 0. The summed E-state index contributed by atoms with van der Waals surface area (Å²) in [6.45, 7) is 2.39. The maximum absolute atomic E-state index is 12.8. The van der Waals surface area contributed by atoms with Gasteiger partial charge >= 0.3 is 6.18 Å². The fourth-order valence-corrected chi connectivity index (χ4v) is 1.71.